The Morgan fingerprint density at radius 3 is 2.55 bits per heavy atom. The highest BCUT2D eigenvalue weighted by molar-refractivity contribution is 5.48. The maximum atomic E-state index is 8.73. The van der Waals surface area contributed by atoms with Gasteiger partial charge in [-0.05, 0) is 36.8 Å². The molecule has 2 nitrogen and oxygen atoms in total. The minimum Gasteiger partial charge on any atom is -0.384 e. The van der Waals surface area contributed by atoms with Gasteiger partial charge in [0.25, 0.3) is 0 Å². The molecule has 2 rings (SSSR count). The van der Waals surface area contributed by atoms with Crippen LogP contribution in [0.3, 0.4) is 0 Å². The second-order valence-electron chi connectivity index (χ2n) is 4.85. The summed E-state index contributed by atoms with van der Waals surface area (Å²) in [5.41, 5.74) is 4.61. The summed E-state index contributed by atoms with van der Waals surface area (Å²) < 4.78 is 0. The van der Waals surface area contributed by atoms with E-state index < -0.39 is 0 Å². The number of aliphatic hydroxyl groups excluding tert-OH is 1. The van der Waals surface area contributed by atoms with Crippen molar-refractivity contribution in [2.75, 3.05) is 18.6 Å². The van der Waals surface area contributed by atoms with Crippen molar-refractivity contribution >= 4 is 5.69 Å². The summed E-state index contributed by atoms with van der Waals surface area (Å²) in [4.78, 5) is 2.21. The Kier molecular flexibility index (Phi) is 4.81. The number of nitrogens with zero attached hydrogens (tertiary/aromatic N) is 1. The van der Waals surface area contributed by atoms with Crippen LogP contribution in [0.2, 0.25) is 0 Å². The molecule has 0 saturated carbocycles. The van der Waals surface area contributed by atoms with Gasteiger partial charge in [-0.2, -0.15) is 0 Å². The standard InChI is InChI=1S/C18H19NO/c1-15-8-10-18(11-9-15)19(2)14-17-6-3-5-16(13-17)7-4-12-20/h3,5-6,8-11,13,20H,12,14H2,1-2H3. The number of aryl methyl sites for hydroxylation is 1. The zero-order valence-electron chi connectivity index (χ0n) is 11.9. The lowest BCUT2D eigenvalue weighted by atomic mass is 10.1. The molecule has 0 saturated heterocycles. The normalized spacial score (nSPS) is 9.75. The van der Waals surface area contributed by atoms with E-state index in [0.29, 0.717) is 0 Å². The van der Waals surface area contributed by atoms with Crippen LogP contribution in [0.1, 0.15) is 16.7 Å². The summed E-state index contributed by atoms with van der Waals surface area (Å²) in [5.74, 6) is 5.61. The van der Waals surface area contributed by atoms with Crippen LogP contribution in [-0.2, 0) is 6.54 Å². The molecule has 0 unspecified atom stereocenters. The van der Waals surface area contributed by atoms with Crippen LogP contribution in [0.5, 0.6) is 0 Å². The number of rotatable bonds is 3. The Balaban J connectivity index is 2.11. The summed E-state index contributed by atoms with van der Waals surface area (Å²) in [7, 11) is 2.08. The van der Waals surface area contributed by atoms with E-state index in [4.69, 9.17) is 5.11 Å². The smallest absolute Gasteiger partial charge is 0.104 e. The molecule has 0 aliphatic carbocycles. The fourth-order valence-electron chi connectivity index (χ4n) is 2.05. The van der Waals surface area contributed by atoms with E-state index in [1.807, 2.05) is 12.1 Å². The van der Waals surface area contributed by atoms with Gasteiger partial charge in [0.05, 0.1) is 0 Å². The van der Waals surface area contributed by atoms with Crippen molar-refractivity contribution < 1.29 is 5.11 Å². The summed E-state index contributed by atoms with van der Waals surface area (Å²) in [5, 5.41) is 8.73. The first-order chi connectivity index (χ1) is 9.69. The summed E-state index contributed by atoms with van der Waals surface area (Å²) in [6.45, 7) is 2.82. The van der Waals surface area contributed by atoms with E-state index in [-0.39, 0.29) is 6.61 Å². The van der Waals surface area contributed by atoms with Crippen LogP contribution in [-0.4, -0.2) is 18.8 Å². The first kappa shape index (κ1) is 14.2. The van der Waals surface area contributed by atoms with Gasteiger partial charge in [0, 0.05) is 24.8 Å². The molecule has 102 valence electrons. The van der Waals surface area contributed by atoms with Gasteiger partial charge in [-0.3, -0.25) is 0 Å². The van der Waals surface area contributed by atoms with E-state index in [0.717, 1.165) is 12.1 Å². The highest BCUT2D eigenvalue weighted by atomic mass is 16.2. The molecule has 20 heavy (non-hydrogen) atoms. The minimum absolute atomic E-state index is 0.104. The summed E-state index contributed by atoms with van der Waals surface area (Å²) >= 11 is 0. The fraction of sp³-hybridized carbons (Fsp3) is 0.222. The predicted octanol–water partition coefficient (Wildman–Crippen LogP) is 2.98. The summed E-state index contributed by atoms with van der Waals surface area (Å²) in [6, 6.07) is 16.6. The van der Waals surface area contributed by atoms with Crippen LogP contribution in [0, 0.1) is 18.8 Å². The lowest BCUT2D eigenvalue weighted by Gasteiger charge is -2.19. The molecular weight excluding hydrogens is 246 g/mol. The number of hydrogen-bond acceptors (Lipinski definition) is 2. The van der Waals surface area contributed by atoms with Crippen LogP contribution in [0.4, 0.5) is 5.69 Å². The van der Waals surface area contributed by atoms with Gasteiger partial charge in [0.1, 0.15) is 6.61 Å². The average molecular weight is 265 g/mol. The van der Waals surface area contributed by atoms with Crippen molar-refractivity contribution in [2.24, 2.45) is 0 Å². The number of aliphatic hydroxyl groups is 1. The molecule has 0 aliphatic rings. The molecule has 2 aromatic rings. The third-order valence-electron chi connectivity index (χ3n) is 3.13. The molecule has 0 radical (unpaired) electrons. The first-order valence-electron chi connectivity index (χ1n) is 6.65. The second-order valence-corrected chi connectivity index (χ2v) is 4.85. The van der Waals surface area contributed by atoms with Crippen molar-refractivity contribution in [3.63, 3.8) is 0 Å². The molecule has 0 aliphatic heterocycles. The maximum Gasteiger partial charge on any atom is 0.104 e. The van der Waals surface area contributed by atoms with Gasteiger partial charge in [-0.1, -0.05) is 41.7 Å². The van der Waals surface area contributed by atoms with Crippen molar-refractivity contribution in [2.45, 2.75) is 13.5 Å². The molecule has 0 bridgehead atoms. The highest BCUT2D eigenvalue weighted by Gasteiger charge is 2.02. The van der Waals surface area contributed by atoms with Gasteiger partial charge in [-0.25, -0.2) is 0 Å². The molecule has 0 atom stereocenters. The van der Waals surface area contributed by atoms with E-state index in [9.17, 15) is 0 Å². The molecule has 0 heterocycles. The Bertz CT molecular complexity index is 620. The van der Waals surface area contributed by atoms with Gasteiger partial charge >= 0.3 is 0 Å². The highest BCUT2D eigenvalue weighted by Crippen LogP contribution is 2.16. The molecule has 1 N–H and O–H groups in total. The molecule has 2 aromatic carbocycles. The topological polar surface area (TPSA) is 23.5 Å². The Morgan fingerprint density at radius 1 is 1.10 bits per heavy atom. The van der Waals surface area contributed by atoms with E-state index >= 15 is 0 Å². The molecule has 0 spiro atoms. The first-order valence-corrected chi connectivity index (χ1v) is 6.65. The predicted molar refractivity (Wildman–Crippen MR) is 83.7 cm³/mol. The van der Waals surface area contributed by atoms with Crippen molar-refractivity contribution in [3.8, 4) is 11.8 Å². The monoisotopic (exact) mass is 265 g/mol. The zero-order chi connectivity index (χ0) is 14.4. The Labute approximate surface area is 120 Å². The van der Waals surface area contributed by atoms with Gasteiger partial charge in [0.15, 0.2) is 0 Å². The van der Waals surface area contributed by atoms with E-state index in [1.165, 1.54) is 16.8 Å². The number of anilines is 1. The van der Waals surface area contributed by atoms with Gasteiger partial charge < -0.3 is 10.0 Å². The fourth-order valence-corrected chi connectivity index (χ4v) is 2.05. The molecule has 0 aromatic heterocycles. The molecule has 0 fully saturated rings. The van der Waals surface area contributed by atoms with E-state index in [2.05, 4.69) is 67.1 Å². The van der Waals surface area contributed by atoms with E-state index in [1.54, 1.807) is 0 Å². The van der Waals surface area contributed by atoms with Gasteiger partial charge in [-0.15, -0.1) is 0 Å². The summed E-state index contributed by atoms with van der Waals surface area (Å²) in [6.07, 6.45) is 0. The van der Waals surface area contributed by atoms with Crippen LogP contribution < -0.4 is 4.90 Å². The second kappa shape index (κ2) is 6.79. The van der Waals surface area contributed by atoms with Crippen LogP contribution in [0.25, 0.3) is 0 Å². The van der Waals surface area contributed by atoms with Crippen molar-refractivity contribution in [1.82, 2.24) is 0 Å². The quantitative estimate of drug-likeness (QED) is 0.862. The number of benzene rings is 2. The Morgan fingerprint density at radius 2 is 1.85 bits per heavy atom. The lowest BCUT2D eigenvalue weighted by Crippen LogP contribution is -2.16. The SMILES string of the molecule is Cc1ccc(N(C)Cc2cccc(C#CCO)c2)cc1. The minimum atomic E-state index is -0.104. The van der Waals surface area contributed by atoms with Crippen LogP contribution >= 0.6 is 0 Å². The third kappa shape index (κ3) is 3.88. The van der Waals surface area contributed by atoms with Crippen LogP contribution in [0.15, 0.2) is 48.5 Å². The molecule has 2 heteroatoms. The van der Waals surface area contributed by atoms with Crippen molar-refractivity contribution in [1.29, 1.82) is 0 Å². The molecular formula is C18H19NO. The van der Waals surface area contributed by atoms with Crippen molar-refractivity contribution in [3.05, 3.63) is 65.2 Å². The van der Waals surface area contributed by atoms with Gasteiger partial charge in [0.2, 0.25) is 0 Å². The average Bonchev–Trinajstić information content (AvgIpc) is 2.46. The third-order valence-corrected chi connectivity index (χ3v) is 3.13. The molecule has 0 amide bonds. The largest absolute Gasteiger partial charge is 0.384 e. The zero-order valence-corrected chi connectivity index (χ0v) is 11.9. The maximum absolute atomic E-state index is 8.73. The lowest BCUT2D eigenvalue weighted by molar-refractivity contribution is 0.350. The number of hydrogen-bond donors (Lipinski definition) is 1. The Hall–Kier alpha value is -2.24.